The average Bonchev–Trinajstić information content (AvgIpc) is 2.16. The zero-order chi connectivity index (χ0) is 10.00. The molecule has 7 heteroatoms. The molecule has 3 rings (SSSR count). The Morgan fingerprint density at radius 1 is 1.07 bits per heavy atom. The Morgan fingerprint density at radius 2 is 1.79 bits per heavy atom. The van der Waals surface area contributed by atoms with E-state index in [2.05, 4.69) is 4.90 Å². The number of halogens is 3. The van der Waals surface area contributed by atoms with E-state index in [9.17, 15) is 0 Å². The van der Waals surface area contributed by atoms with Gasteiger partial charge in [-0.3, -0.25) is 0 Å². The summed E-state index contributed by atoms with van der Waals surface area (Å²) in [6.07, 6.45) is 2.21. The maximum atomic E-state index is 6.39. The fourth-order valence-corrected chi connectivity index (χ4v) is 7.82. The predicted octanol–water partition coefficient (Wildman–Crippen LogP) is 1.38. The quantitative estimate of drug-likeness (QED) is 0.487. The monoisotopic (exact) mass is 271 g/mol. The molecule has 0 aromatic rings. The first kappa shape index (κ1) is 9.57. The molecular formula is C7H12Cl3N3Si. The molecule has 1 saturated heterocycles. The molecule has 3 heterocycles. The Kier molecular flexibility index (Phi) is 1.73. The van der Waals surface area contributed by atoms with Crippen molar-refractivity contribution in [3.05, 3.63) is 0 Å². The van der Waals surface area contributed by atoms with Gasteiger partial charge >= 0.3 is 97.5 Å². The molecule has 0 saturated carbocycles. The number of hydrogen-bond donors (Lipinski definition) is 0. The number of hydrogen-bond acceptors (Lipinski definition) is 2. The van der Waals surface area contributed by atoms with Gasteiger partial charge in [-0.15, -0.1) is 0 Å². The molecular weight excluding hydrogens is 261 g/mol. The summed E-state index contributed by atoms with van der Waals surface area (Å²) < 4.78 is 4.07. The molecule has 80 valence electrons. The van der Waals surface area contributed by atoms with Gasteiger partial charge in [-0.2, -0.15) is 0 Å². The number of rotatable bonds is 0. The van der Waals surface area contributed by atoms with Crippen molar-refractivity contribution in [2.75, 3.05) is 26.2 Å². The van der Waals surface area contributed by atoms with Crippen LogP contribution in [0.15, 0.2) is 0 Å². The van der Waals surface area contributed by atoms with E-state index in [1.807, 2.05) is 8.81 Å². The summed E-state index contributed by atoms with van der Waals surface area (Å²) in [5, 5.41) is 0. The van der Waals surface area contributed by atoms with E-state index in [4.69, 9.17) is 33.2 Å². The molecule has 0 aromatic carbocycles. The molecule has 0 bridgehead atoms. The maximum absolute atomic E-state index is 6.39. The minimum atomic E-state index is -3.45. The molecule has 0 unspecified atom stereocenters. The van der Waals surface area contributed by atoms with E-state index in [0.717, 1.165) is 39.0 Å². The zero-order valence-electron chi connectivity index (χ0n) is 7.72. The zero-order valence-corrected chi connectivity index (χ0v) is 11.0. The predicted molar refractivity (Wildman–Crippen MR) is 61.0 cm³/mol. The summed E-state index contributed by atoms with van der Waals surface area (Å²) in [6.45, 7) is 4.05. The van der Waals surface area contributed by atoms with Gasteiger partial charge in [-0.1, -0.05) is 0 Å². The molecule has 14 heavy (non-hydrogen) atoms. The van der Waals surface area contributed by atoms with Crippen LogP contribution in [0.3, 0.4) is 0 Å². The fraction of sp³-hybridized carbons (Fsp3) is 0.857. The van der Waals surface area contributed by atoms with Crippen LogP contribution in [0.25, 0.3) is 0 Å². The van der Waals surface area contributed by atoms with Gasteiger partial charge in [-0.25, -0.2) is 0 Å². The van der Waals surface area contributed by atoms with Gasteiger partial charge in [0.1, 0.15) is 0 Å². The number of nitrogens with zero attached hydrogens (tertiary/aromatic N) is 3. The summed E-state index contributed by atoms with van der Waals surface area (Å²) in [6, 6.07) is 0. The van der Waals surface area contributed by atoms with Crippen molar-refractivity contribution in [3.8, 4) is 0 Å². The molecule has 3 aliphatic rings. The van der Waals surface area contributed by atoms with Crippen LogP contribution in [0.2, 0.25) is 0 Å². The van der Waals surface area contributed by atoms with Crippen molar-refractivity contribution < 1.29 is 4.24 Å². The Balaban J connectivity index is 2.11. The summed E-state index contributed by atoms with van der Waals surface area (Å²) in [5.41, 5.74) is -3.45. The van der Waals surface area contributed by atoms with Crippen molar-refractivity contribution in [1.29, 1.82) is 0 Å². The molecule has 1 fully saturated rings. The van der Waals surface area contributed by atoms with Crippen LogP contribution in [-0.2, 0) is 0 Å². The molecule has 0 N–H and O–H groups in total. The summed E-state index contributed by atoms with van der Waals surface area (Å²) in [4.78, 5) is 2.34. The fourth-order valence-electron chi connectivity index (χ4n) is 2.61. The Bertz CT molecular complexity index is 335. The van der Waals surface area contributed by atoms with Gasteiger partial charge in [-0.05, 0) is 0 Å². The first-order chi connectivity index (χ1) is 6.49. The van der Waals surface area contributed by atoms with Crippen LogP contribution in [-0.4, -0.2) is 51.4 Å². The van der Waals surface area contributed by atoms with Gasteiger partial charge in [0.05, 0.1) is 0 Å². The molecule has 0 amide bonds. The van der Waals surface area contributed by atoms with Crippen LogP contribution < -0.4 is 0 Å². The van der Waals surface area contributed by atoms with Crippen LogP contribution in [0.4, 0.5) is 0 Å². The second-order valence-electron chi connectivity index (χ2n) is 4.12. The third-order valence-electron chi connectivity index (χ3n) is 3.24. The van der Waals surface area contributed by atoms with Crippen molar-refractivity contribution in [1.82, 2.24) is 9.47 Å². The third kappa shape index (κ3) is 0.979. The van der Waals surface area contributed by atoms with Gasteiger partial charge in [0, 0.05) is 0 Å². The second-order valence-corrected chi connectivity index (χ2v) is 15.0. The van der Waals surface area contributed by atoms with Crippen LogP contribution in [0.5, 0.6) is 0 Å². The molecule has 0 spiro atoms. The summed E-state index contributed by atoms with van der Waals surface area (Å²) >= 11 is 19.2. The molecule has 3 aliphatic heterocycles. The first-order valence-corrected chi connectivity index (χ1v) is 10.4. The van der Waals surface area contributed by atoms with Crippen molar-refractivity contribution in [2.45, 2.75) is 12.8 Å². The Hall–Kier alpha value is 0.357. The van der Waals surface area contributed by atoms with Crippen molar-refractivity contribution in [3.63, 3.8) is 0 Å². The molecule has 0 radical (unpaired) electrons. The minimum absolute atomic E-state index is 0.909. The van der Waals surface area contributed by atoms with E-state index < -0.39 is 5.60 Å². The molecule has 0 atom stereocenters. The van der Waals surface area contributed by atoms with Crippen LogP contribution in [0, 0.1) is 0 Å². The van der Waals surface area contributed by atoms with E-state index >= 15 is 0 Å². The molecule has 0 aliphatic carbocycles. The topological polar surface area (TPSA) is 9.49 Å². The van der Waals surface area contributed by atoms with Gasteiger partial charge < -0.3 is 0 Å². The van der Waals surface area contributed by atoms with Crippen molar-refractivity contribution in [2.24, 2.45) is 0 Å². The number of guanidine groups is 1. The van der Waals surface area contributed by atoms with Gasteiger partial charge in [0.15, 0.2) is 0 Å². The van der Waals surface area contributed by atoms with Gasteiger partial charge in [0.25, 0.3) is 0 Å². The normalized spacial score (nSPS) is 35.5. The Labute approximate surface area is 97.5 Å². The summed E-state index contributed by atoms with van der Waals surface area (Å²) in [5.74, 6) is 1.18. The molecule has 0 aromatic heterocycles. The molecule has 3 nitrogen and oxygen atoms in total. The summed E-state index contributed by atoms with van der Waals surface area (Å²) in [7, 11) is 0. The van der Waals surface area contributed by atoms with E-state index in [0.29, 0.717) is 0 Å². The van der Waals surface area contributed by atoms with Crippen LogP contribution >= 0.6 is 33.2 Å². The van der Waals surface area contributed by atoms with Crippen LogP contribution in [0.1, 0.15) is 12.8 Å². The van der Waals surface area contributed by atoms with Crippen molar-refractivity contribution >= 4 is 44.8 Å². The SMILES string of the molecule is Cl[Si-]1(Cl)(Cl)N2CCCN3CCC[N+]1=C32. The Morgan fingerprint density at radius 3 is 2.57 bits per heavy atom. The van der Waals surface area contributed by atoms with E-state index in [1.54, 1.807) is 0 Å². The third-order valence-corrected chi connectivity index (χ3v) is 9.47. The van der Waals surface area contributed by atoms with Gasteiger partial charge in [0.2, 0.25) is 0 Å². The standard InChI is InChI=1S/C7H12Cl3N3Si/c8-14(9,10)12-5-1-3-11-4-2-6-13(14)7(11)12/h1-6H2. The second kappa shape index (κ2) is 2.54. The average molecular weight is 273 g/mol. The van der Waals surface area contributed by atoms with E-state index in [1.165, 1.54) is 5.96 Å². The van der Waals surface area contributed by atoms with E-state index in [-0.39, 0.29) is 0 Å². The first-order valence-electron chi connectivity index (χ1n) is 4.95.